The number of nitrogens with one attached hydrogen (secondary N) is 2. The molecule has 0 spiro atoms. The van der Waals surface area contributed by atoms with Gasteiger partial charge in [0, 0.05) is 6.20 Å². The molecule has 8 nitrogen and oxygen atoms in total. The van der Waals surface area contributed by atoms with Gasteiger partial charge in [0.05, 0.1) is 28.4 Å². The molecule has 0 saturated heterocycles. The number of carbonyl (C=O) groups is 1. The number of amides is 2. The topological polar surface area (TPSA) is 109 Å². The molecule has 0 aliphatic rings. The van der Waals surface area contributed by atoms with Crippen LogP contribution < -0.4 is 10.6 Å². The van der Waals surface area contributed by atoms with E-state index >= 15 is 0 Å². The lowest BCUT2D eigenvalue weighted by Crippen LogP contribution is -2.33. The van der Waals surface area contributed by atoms with Gasteiger partial charge in [-0.1, -0.05) is 0 Å². The Morgan fingerprint density at radius 3 is 2.39 bits per heavy atom. The lowest BCUT2D eigenvalue weighted by molar-refractivity contribution is -0.142. The zero-order chi connectivity index (χ0) is 24.4. The van der Waals surface area contributed by atoms with Crippen LogP contribution in [-0.4, -0.2) is 25.8 Å². The van der Waals surface area contributed by atoms with Crippen molar-refractivity contribution < 1.29 is 31.1 Å². The van der Waals surface area contributed by atoms with Gasteiger partial charge >= 0.3 is 18.4 Å². The number of anilines is 1. The Morgan fingerprint density at radius 2 is 1.82 bits per heavy atom. The van der Waals surface area contributed by atoms with Crippen LogP contribution in [0.15, 0.2) is 42.9 Å². The average Bonchev–Trinajstić information content (AvgIpc) is 3.22. The first-order valence-corrected chi connectivity index (χ1v) is 9.02. The molecule has 0 bridgehead atoms. The number of halogens is 6. The molecule has 1 atom stereocenters. The van der Waals surface area contributed by atoms with Gasteiger partial charge in [0.1, 0.15) is 12.4 Å². The number of aromatic nitrogens is 4. The molecule has 1 aromatic carbocycles. The van der Waals surface area contributed by atoms with E-state index in [0.29, 0.717) is 17.7 Å². The number of nitrogens with zero attached hydrogens (tertiary/aromatic N) is 5. The molecule has 2 amide bonds. The minimum absolute atomic E-state index is 0.0771. The fraction of sp³-hybridized carbons (Fsp3) is 0.211. The van der Waals surface area contributed by atoms with Crippen LogP contribution in [-0.2, 0) is 12.4 Å². The number of hydrogen-bond acceptors (Lipinski definition) is 5. The predicted octanol–water partition coefficient (Wildman–Crippen LogP) is 4.45. The molecule has 3 rings (SSSR count). The van der Waals surface area contributed by atoms with Crippen LogP contribution in [0.4, 0.5) is 36.8 Å². The summed E-state index contributed by atoms with van der Waals surface area (Å²) in [4.78, 5) is 20.3. The van der Waals surface area contributed by atoms with Gasteiger partial charge in [-0.2, -0.15) is 41.4 Å². The molecule has 0 aliphatic heterocycles. The monoisotopic (exact) mass is 469 g/mol. The van der Waals surface area contributed by atoms with E-state index < -0.39 is 41.2 Å². The first kappa shape index (κ1) is 23.5. The molecule has 14 heteroatoms. The second kappa shape index (κ2) is 8.77. The Labute approximate surface area is 181 Å². The Hall–Kier alpha value is -4.15. The van der Waals surface area contributed by atoms with Crippen molar-refractivity contribution in [2.45, 2.75) is 25.3 Å². The summed E-state index contributed by atoms with van der Waals surface area (Å²) < 4.78 is 79.4. The summed E-state index contributed by atoms with van der Waals surface area (Å²) in [6, 6.07) is 3.72. The van der Waals surface area contributed by atoms with Crippen molar-refractivity contribution in [3.63, 3.8) is 0 Å². The molecule has 33 heavy (non-hydrogen) atoms. The van der Waals surface area contributed by atoms with Gasteiger partial charge < -0.3 is 10.6 Å². The fourth-order valence-corrected chi connectivity index (χ4v) is 2.78. The van der Waals surface area contributed by atoms with Crippen molar-refractivity contribution in [1.29, 1.82) is 5.26 Å². The number of pyridine rings is 1. The number of rotatable bonds is 4. The summed E-state index contributed by atoms with van der Waals surface area (Å²) in [7, 11) is 0. The maximum Gasteiger partial charge on any atom is 0.418 e. The summed E-state index contributed by atoms with van der Waals surface area (Å²) >= 11 is 0. The van der Waals surface area contributed by atoms with Crippen LogP contribution in [0.1, 0.15) is 35.5 Å². The van der Waals surface area contributed by atoms with Crippen LogP contribution >= 0.6 is 0 Å². The maximum absolute atomic E-state index is 13.3. The third kappa shape index (κ3) is 5.37. The lowest BCUT2D eigenvalue weighted by Gasteiger charge is -2.18. The van der Waals surface area contributed by atoms with E-state index in [0.717, 1.165) is 6.33 Å². The molecule has 0 aliphatic carbocycles. The van der Waals surface area contributed by atoms with Crippen molar-refractivity contribution in [2.24, 2.45) is 0 Å². The highest BCUT2D eigenvalue weighted by molar-refractivity contribution is 5.90. The third-order valence-corrected chi connectivity index (χ3v) is 4.30. The van der Waals surface area contributed by atoms with Crippen LogP contribution in [0.25, 0.3) is 5.82 Å². The van der Waals surface area contributed by atoms with E-state index in [4.69, 9.17) is 5.26 Å². The molecular weight excluding hydrogens is 456 g/mol. The van der Waals surface area contributed by atoms with Crippen molar-refractivity contribution in [3.8, 4) is 11.9 Å². The predicted molar refractivity (Wildman–Crippen MR) is 101 cm³/mol. The Bertz CT molecular complexity index is 1200. The summed E-state index contributed by atoms with van der Waals surface area (Å²) in [5, 5.41) is 17.1. The van der Waals surface area contributed by atoms with Crippen LogP contribution in [0.3, 0.4) is 0 Å². The zero-order valence-electron chi connectivity index (χ0n) is 16.5. The molecule has 3 aromatic rings. The number of alkyl halides is 6. The number of carbonyl (C=O) groups excluding carboxylic acids is 1. The van der Waals surface area contributed by atoms with E-state index in [-0.39, 0.29) is 17.7 Å². The summed E-state index contributed by atoms with van der Waals surface area (Å²) in [6.07, 6.45) is -7.69. The molecule has 172 valence electrons. The second-order valence-electron chi connectivity index (χ2n) is 6.62. The highest BCUT2D eigenvalue weighted by Gasteiger charge is 2.38. The van der Waals surface area contributed by atoms with Crippen molar-refractivity contribution in [3.05, 3.63) is 65.4 Å². The van der Waals surface area contributed by atoms with E-state index in [1.54, 1.807) is 0 Å². The minimum atomic E-state index is -5.14. The number of urea groups is 1. The van der Waals surface area contributed by atoms with Crippen molar-refractivity contribution in [2.75, 3.05) is 5.32 Å². The largest absolute Gasteiger partial charge is 0.418 e. The smallest absolute Gasteiger partial charge is 0.328 e. The summed E-state index contributed by atoms with van der Waals surface area (Å²) in [5.74, 6) is 0.420. The zero-order valence-corrected chi connectivity index (χ0v) is 16.5. The summed E-state index contributed by atoms with van der Waals surface area (Å²) in [6.45, 7) is 1.46. The molecule has 0 saturated carbocycles. The first-order chi connectivity index (χ1) is 15.4. The van der Waals surface area contributed by atoms with Crippen LogP contribution in [0.5, 0.6) is 0 Å². The SMILES string of the molecule is CC(NC(=O)Nc1ccc(C(F)(F)F)cc1C(F)(F)F)c1ncnn1-c1ccc(C#N)cn1. The lowest BCUT2D eigenvalue weighted by atomic mass is 10.1. The molecule has 1 unspecified atom stereocenters. The van der Waals surface area contributed by atoms with Gasteiger partial charge in [-0.25, -0.2) is 14.8 Å². The molecular formula is C19H13F6N7O. The quantitative estimate of drug-likeness (QED) is 0.549. The van der Waals surface area contributed by atoms with E-state index in [2.05, 4.69) is 20.4 Å². The van der Waals surface area contributed by atoms with Gasteiger partial charge in [0.15, 0.2) is 11.6 Å². The Balaban J connectivity index is 1.80. The van der Waals surface area contributed by atoms with E-state index in [9.17, 15) is 31.1 Å². The first-order valence-electron chi connectivity index (χ1n) is 9.02. The molecule has 0 fully saturated rings. The minimum Gasteiger partial charge on any atom is -0.328 e. The Kier molecular flexibility index (Phi) is 6.25. The van der Waals surface area contributed by atoms with Gasteiger partial charge in [-0.15, -0.1) is 0 Å². The molecule has 2 aromatic heterocycles. The van der Waals surface area contributed by atoms with E-state index in [1.807, 2.05) is 11.4 Å². The number of benzene rings is 1. The average molecular weight is 469 g/mol. The van der Waals surface area contributed by atoms with Crippen LogP contribution in [0.2, 0.25) is 0 Å². The molecule has 2 heterocycles. The van der Waals surface area contributed by atoms with Gasteiger partial charge in [0.2, 0.25) is 0 Å². The highest BCUT2D eigenvalue weighted by atomic mass is 19.4. The standard InChI is InChI=1S/C19H13F6N7O/c1-10(16-28-9-29-32(16)15-5-2-11(7-26)8-27-15)30-17(33)31-14-4-3-12(18(20,21)22)6-13(14)19(23,24)25/h2-6,8-10H,1H3,(H2,30,31,33). The second-order valence-corrected chi connectivity index (χ2v) is 6.62. The van der Waals surface area contributed by atoms with Crippen LogP contribution in [0, 0.1) is 11.3 Å². The van der Waals surface area contributed by atoms with Gasteiger partial charge in [-0.05, 0) is 37.3 Å². The normalized spacial score (nSPS) is 12.7. The molecule has 2 N–H and O–H groups in total. The van der Waals surface area contributed by atoms with Crippen molar-refractivity contribution in [1.82, 2.24) is 25.1 Å². The van der Waals surface area contributed by atoms with Gasteiger partial charge in [0.25, 0.3) is 0 Å². The number of hydrogen-bond donors (Lipinski definition) is 2. The highest BCUT2D eigenvalue weighted by Crippen LogP contribution is 2.39. The fourth-order valence-electron chi connectivity index (χ4n) is 2.78. The van der Waals surface area contributed by atoms with E-state index in [1.165, 1.54) is 29.9 Å². The van der Waals surface area contributed by atoms with Gasteiger partial charge in [-0.3, -0.25) is 0 Å². The Morgan fingerprint density at radius 1 is 1.09 bits per heavy atom. The van der Waals surface area contributed by atoms with Crippen molar-refractivity contribution >= 4 is 11.7 Å². The third-order valence-electron chi connectivity index (χ3n) is 4.30. The maximum atomic E-state index is 13.3. The number of nitriles is 1. The summed E-state index contributed by atoms with van der Waals surface area (Å²) in [5.41, 5.74) is -3.71. The molecule has 0 radical (unpaired) electrons.